The van der Waals surface area contributed by atoms with Crippen molar-refractivity contribution < 1.29 is 22.8 Å². The van der Waals surface area contributed by atoms with Crippen molar-refractivity contribution in [3.8, 4) is 0 Å². The number of hydrogen-bond donors (Lipinski definition) is 1. The molecule has 1 N–H and O–H groups in total. The highest BCUT2D eigenvalue weighted by Crippen LogP contribution is 2.34. The molecule has 0 aliphatic heterocycles. The van der Waals surface area contributed by atoms with E-state index in [4.69, 9.17) is 0 Å². The Morgan fingerprint density at radius 1 is 1.42 bits per heavy atom. The van der Waals surface area contributed by atoms with E-state index >= 15 is 0 Å². The van der Waals surface area contributed by atoms with E-state index in [-0.39, 0.29) is 23.8 Å². The smallest absolute Gasteiger partial charge is 0.351 e. The molecule has 0 saturated heterocycles. The molecule has 1 aromatic rings. The van der Waals surface area contributed by atoms with Gasteiger partial charge in [-0.2, -0.15) is 24.5 Å². The average molecular weight is 291 g/mol. The molecule has 1 atom stereocenters. The number of carbonyl (C=O) groups excluding carboxylic acids is 2. The van der Waals surface area contributed by atoms with Crippen molar-refractivity contribution in [1.29, 1.82) is 0 Å². The molecular weight excluding hydrogens is 279 g/mol. The van der Waals surface area contributed by atoms with Crippen LogP contribution in [-0.4, -0.2) is 18.2 Å². The minimum absolute atomic E-state index is 0.0710. The molecule has 0 spiro atoms. The van der Waals surface area contributed by atoms with Crippen molar-refractivity contribution in [3.63, 3.8) is 0 Å². The van der Waals surface area contributed by atoms with Crippen molar-refractivity contribution >= 4 is 23.0 Å². The molecule has 0 bridgehead atoms. The molecule has 1 saturated carbocycles. The lowest BCUT2D eigenvalue weighted by Crippen LogP contribution is -2.31. The van der Waals surface area contributed by atoms with E-state index < -0.39 is 17.6 Å². The second-order valence-electron chi connectivity index (χ2n) is 4.46. The molecular formula is C12H12F3NO2S. The molecule has 0 radical (unpaired) electrons. The zero-order chi connectivity index (χ0) is 14.0. The molecule has 3 nitrogen and oxygen atoms in total. The maximum Gasteiger partial charge on any atom is 0.417 e. The van der Waals surface area contributed by atoms with Gasteiger partial charge in [-0.3, -0.25) is 9.59 Å². The summed E-state index contributed by atoms with van der Waals surface area (Å²) >= 11 is 0.832. The van der Waals surface area contributed by atoms with Crippen LogP contribution in [0, 0.1) is 5.92 Å². The molecule has 19 heavy (non-hydrogen) atoms. The summed E-state index contributed by atoms with van der Waals surface area (Å²) in [7, 11) is 0. The van der Waals surface area contributed by atoms with E-state index in [0.717, 1.165) is 23.1 Å². The van der Waals surface area contributed by atoms with Crippen molar-refractivity contribution in [2.45, 2.75) is 25.4 Å². The van der Waals surface area contributed by atoms with Crippen LogP contribution in [0.1, 0.15) is 35.2 Å². The largest absolute Gasteiger partial charge is 0.417 e. The highest BCUT2D eigenvalue weighted by atomic mass is 32.1. The molecule has 0 aromatic carbocycles. The Hall–Kier alpha value is -1.37. The number of amides is 1. The number of rotatable bonds is 3. The predicted octanol–water partition coefficient (Wildman–Crippen LogP) is 2.87. The summed E-state index contributed by atoms with van der Waals surface area (Å²) in [5.41, 5.74) is -1.30. The molecule has 1 aliphatic rings. The van der Waals surface area contributed by atoms with Crippen LogP contribution in [-0.2, 0) is 11.0 Å². The van der Waals surface area contributed by atoms with E-state index in [9.17, 15) is 22.8 Å². The van der Waals surface area contributed by atoms with Gasteiger partial charge < -0.3 is 5.32 Å². The van der Waals surface area contributed by atoms with Gasteiger partial charge in [0.1, 0.15) is 5.78 Å². The van der Waals surface area contributed by atoms with E-state index in [2.05, 4.69) is 5.32 Å². The molecule has 1 aliphatic carbocycles. The molecule has 1 unspecified atom stereocenters. The summed E-state index contributed by atoms with van der Waals surface area (Å²) in [4.78, 5) is 23.1. The average Bonchev–Trinajstić information content (AvgIpc) is 2.93. The van der Waals surface area contributed by atoms with Gasteiger partial charge in [-0.1, -0.05) is 0 Å². The number of carbonyl (C=O) groups is 2. The highest BCUT2D eigenvalue weighted by Gasteiger charge is 2.36. The Kier molecular flexibility index (Phi) is 3.93. The summed E-state index contributed by atoms with van der Waals surface area (Å²) in [5, 5.41) is 4.50. The standard InChI is InChI=1S/C12H12F3NO2S/c13-12(14,15)9-6-19-5-8(9)11(18)16-4-7-2-1-3-10(7)17/h5-7H,1-4H2,(H,16,18). The monoisotopic (exact) mass is 291 g/mol. The molecule has 2 rings (SSSR count). The third-order valence-electron chi connectivity index (χ3n) is 3.15. The van der Waals surface area contributed by atoms with Gasteiger partial charge in [0.05, 0.1) is 11.1 Å². The molecule has 7 heteroatoms. The lowest BCUT2D eigenvalue weighted by atomic mass is 10.1. The van der Waals surface area contributed by atoms with Crippen molar-refractivity contribution in [2.24, 2.45) is 5.92 Å². The zero-order valence-corrected chi connectivity index (χ0v) is 10.7. The fourth-order valence-corrected chi connectivity index (χ4v) is 2.94. The Morgan fingerprint density at radius 2 is 2.16 bits per heavy atom. The Balaban J connectivity index is 2.01. The second kappa shape index (κ2) is 5.32. The van der Waals surface area contributed by atoms with Crippen LogP contribution in [0.3, 0.4) is 0 Å². The third-order valence-corrected chi connectivity index (χ3v) is 3.90. The van der Waals surface area contributed by atoms with Crippen LogP contribution in [0.25, 0.3) is 0 Å². The molecule has 1 aromatic heterocycles. The van der Waals surface area contributed by atoms with Gasteiger partial charge in [0, 0.05) is 29.6 Å². The van der Waals surface area contributed by atoms with E-state index in [1.54, 1.807) is 0 Å². The van der Waals surface area contributed by atoms with Gasteiger partial charge in [-0.15, -0.1) is 0 Å². The fraction of sp³-hybridized carbons (Fsp3) is 0.500. The molecule has 1 heterocycles. The topological polar surface area (TPSA) is 46.2 Å². The van der Waals surface area contributed by atoms with Crippen LogP contribution >= 0.6 is 11.3 Å². The predicted molar refractivity (Wildman–Crippen MR) is 64.0 cm³/mol. The van der Waals surface area contributed by atoms with Crippen molar-refractivity contribution in [3.05, 3.63) is 21.9 Å². The van der Waals surface area contributed by atoms with Crippen molar-refractivity contribution in [1.82, 2.24) is 5.32 Å². The number of ketones is 1. The summed E-state index contributed by atoms with van der Waals surface area (Å²) in [6.07, 6.45) is -2.57. The first kappa shape index (κ1) is 14.0. The summed E-state index contributed by atoms with van der Waals surface area (Å²) < 4.78 is 37.9. The Labute approximate surface area is 111 Å². The van der Waals surface area contributed by atoms with Crippen LogP contribution in [0.5, 0.6) is 0 Å². The summed E-state index contributed by atoms with van der Waals surface area (Å²) in [6.45, 7) is 0.116. The van der Waals surface area contributed by atoms with Gasteiger partial charge in [0.15, 0.2) is 0 Å². The molecule has 1 fully saturated rings. The van der Waals surface area contributed by atoms with Gasteiger partial charge >= 0.3 is 6.18 Å². The number of halogens is 3. The molecule has 1 amide bonds. The summed E-state index contributed by atoms with van der Waals surface area (Å²) in [6, 6.07) is 0. The lowest BCUT2D eigenvalue weighted by Gasteiger charge is -2.11. The second-order valence-corrected chi connectivity index (χ2v) is 5.21. The Morgan fingerprint density at radius 3 is 2.74 bits per heavy atom. The van der Waals surface area contributed by atoms with Gasteiger partial charge in [0.25, 0.3) is 5.91 Å². The van der Waals surface area contributed by atoms with Gasteiger partial charge in [0.2, 0.25) is 0 Å². The zero-order valence-electron chi connectivity index (χ0n) is 9.92. The van der Waals surface area contributed by atoms with Crippen LogP contribution in [0.4, 0.5) is 13.2 Å². The number of nitrogens with one attached hydrogen (secondary N) is 1. The minimum atomic E-state index is -4.53. The van der Waals surface area contributed by atoms with E-state index in [1.165, 1.54) is 5.38 Å². The maximum atomic E-state index is 12.6. The number of Topliss-reactive ketones (excluding diaryl/α,β-unsaturated/α-hetero) is 1. The maximum absolute atomic E-state index is 12.6. The third kappa shape index (κ3) is 3.15. The number of hydrogen-bond acceptors (Lipinski definition) is 3. The fourth-order valence-electron chi connectivity index (χ4n) is 2.11. The molecule has 104 valence electrons. The first-order chi connectivity index (χ1) is 8.89. The SMILES string of the molecule is O=C(NCC1CCCC1=O)c1cscc1C(F)(F)F. The first-order valence-corrected chi connectivity index (χ1v) is 6.78. The van der Waals surface area contributed by atoms with Gasteiger partial charge in [-0.05, 0) is 12.8 Å². The van der Waals surface area contributed by atoms with Gasteiger partial charge in [-0.25, -0.2) is 0 Å². The van der Waals surface area contributed by atoms with Crippen molar-refractivity contribution in [2.75, 3.05) is 6.54 Å². The summed E-state index contributed by atoms with van der Waals surface area (Å²) in [5.74, 6) is -0.952. The highest BCUT2D eigenvalue weighted by molar-refractivity contribution is 7.08. The van der Waals surface area contributed by atoms with Crippen LogP contribution < -0.4 is 5.32 Å². The van der Waals surface area contributed by atoms with Crippen LogP contribution in [0.15, 0.2) is 10.8 Å². The van der Waals surface area contributed by atoms with E-state index in [0.29, 0.717) is 12.8 Å². The Bertz CT molecular complexity index is 495. The van der Waals surface area contributed by atoms with E-state index in [1.807, 2.05) is 0 Å². The first-order valence-electron chi connectivity index (χ1n) is 5.84. The lowest BCUT2D eigenvalue weighted by molar-refractivity contribution is -0.137. The minimum Gasteiger partial charge on any atom is -0.351 e. The number of thiophene rings is 1. The van der Waals surface area contributed by atoms with Crippen LogP contribution in [0.2, 0.25) is 0 Å². The normalized spacial score (nSPS) is 19.7. The quantitative estimate of drug-likeness (QED) is 0.930. The number of alkyl halides is 3.